The van der Waals surface area contributed by atoms with E-state index in [0.717, 1.165) is 28.8 Å². The molecule has 0 fully saturated rings. The molecule has 0 saturated carbocycles. The largest absolute Gasteiger partial charge is 0.497 e. The third-order valence-corrected chi connectivity index (χ3v) is 3.53. The van der Waals surface area contributed by atoms with Crippen molar-refractivity contribution in [2.75, 3.05) is 25.6 Å². The molecule has 0 radical (unpaired) electrons. The molecule has 0 saturated heterocycles. The van der Waals surface area contributed by atoms with Crippen molar-refractivity contribution in [3.63, 3.8) is 0 Å². The maximum absolute atomic E-state index is 5.64. The molecule has 0 aliphatic carbocycles. The number of methoxy groups -OCH3 is 1. The molecule has 1 aromatic heterocycles. The average Bonchev–Trinajstić information content (AvgIpc) is 2.45. The predicted molar refractivity (Wildman–Crippen MR) is 79.8 cm³/mol. The van der Waals surface area contributed by atoms with Crippen LogP contribution >= 0.6 is 0 Å². The number of hydrogen-bond acceptors (Lipinski definition) is 4. The van der Waals surface area contributed by atoms with Gasteiger partial charge in [0, 0.05) is 24.7 Å². The summed E-state index contributed by atoms with van der Waals surface area (Å²) in [6.07, 6.45) is 2.79. The maximum atomic E-state index is 5.64. The van der Waals surface area contributed by atoms with E-state index in [-0.39, 0.29) is 0 Å². The van der Waals surface area contributed by atoms with Crippen molar-refractivity contribution in [2.24, 2.45) is 5.73 Å². The Balaban J connectivity index is 2.47. The van der Waals surface area contributed by atoms with Gasteiger partial charge < -0.3 is 15.4 Å². The second-order valence-corrected chi connectivity index (χ2v) is 4.76. The normalized spacial score (nSPS) is 12.4. The van der Waals surface area contributed by atoms with Crippen molar-refractivity contribution in [2.45, 2.75) is 19.4 Å². The average molecular weight is 259 g/mol. The van der Waals surface area contributed by atoms with Crippen molar-refractivity contribution in [3.8, 4) is 5.75 Å². The Morgan fingerprint density at radius 2 is 2.16 bits per heavy atom. The Kier molecular flexibility index (Phi) is 4.22. The summed E-state index contributed by atoms with van der Waals surface area (Å²) in [5.74, 6) is 1.82. The third kappa shape index (κ3) is 2.79. The molecule has 1 atom stereocenters. The number of hydrogen-bond donors (Lipinski definition) is 1. The van der Waals surface area contributed by atoms with Crippen LogP contribution in [0.2, 0.25) is 0 Å². The molecule has 2 aromatic rings. The van der Waals surface area contributed by atoms with E-state index in [2.05, 4.69) is 29.9 Å². The fraction of sp³-hybridized carbons (Fsp3) is 0.400. The van der Waals surface area contributed by atoms with Gasteiger partial charge in [-0.1, -0.05) is 6.07 Å². The van der Waals surface area contributed by atoms with Crippen molar-refractivity contribution in [1.82, 2.24) is 4.98 Å². The Bertz CT molecular complexity index is 556. The van der Waals surface area contributed by atoms with Gasteiger partial charge in [-0.3, -0.25) is 0 Å². The van der Waals surface area contributed by atoms with Gasteiger partial charge in [0.1, 0.15) is 11.6 Å². The summed E-state index contributed by atoms with van der Waals surface area (Å²) in [6, 6.07) is 8.42. The zero-order valence-electron chi connectivity index (χ0n) is 11.8. The molecule has 1 heterocycles. The molecule has 4 nitrogen and oxygen atoms in total. The van der Waals surface area contributed by atoms with Crippen molar-refractivity contribution in [1.29, 1.82) is 0 Å². The number of anilines is 1. The van der Waals surface area contributed by atoms with Gasteiger partial charge in [-0.2, -0.15) is 0 Å². The molecule has 4 heteroatoms. The van der Waals surface area contributed by atoms with E-state index in [1.54, 1.807) is 7.11 Å². The predicted octanol–water partition coefficient (Wildman–Crippen LogP) is 2.42. The number of fused-ring (bicyclic) bond motifs is 1. The van der Waals surface area contributed by atoms with Gasteiger partial charge in [0.25, 0.3) is 0 Å². The molecule has 2 rings (SSSR count). The van der Waals surface area contributed by atoms with Crippen LogP contribution in [-0.4, -0.2) is 31.7 Å². The summed E-state index contributed by atoms with van der Waals surface area (Å²) in [5.41, 5.74) is 5.64. The summed E-state index contributed by atoms with van der Waals surface area (Å²) in [6.45, 7) is 2.84. The topological polar surface area (TPSA) is 51.4 Å². The Hall–Kier alpha value is -1.81. The molecule has 0 aliphatic rings. The monoisotopic (exact) mass is 259 g/mol. The van der Waals surface area contributed by atoms with Gasteiger partial charge in [0.05, 0.1) is 7.11 Å². The number of nitrogens with two attached hydrogens (primary N) is 1. The standard InChI is InChI=1S/C15H21N3O/c1-11(6-8-16)18(2)15-14-10-13(19-3)5-4-12(14)7-9-17-15/h4-5,7,9-11H,6,8,16H2,1-3H3. The van der Waals surface area contributed by atoms with Crippen molar-refractivity contribution < 1.29 is 4.74 Å². The highest BCUT2D eigenvalue weighted by molar-refractivity contribution is 5.93. The summed E-state index contributed by atoms with van der Waals surface area (Å²) < 4.78 is 5.30. The van der Waals surface area contributed by atoms with Gasteiger partial charge in [-0.05, 0) is 43.5 Å². The highest BCUT2D eigenvalue weighted by Crippen LogP contribution is 2.28. The molecular weight excluding hydrogens is 238 g/mol. The number of ether oxygens (including phenoxy) is 1. The third-order valence-electron chi connectivity index (χ3n) is 3.53. The van der Waals surface area contributed by atoms with E-state index in [9.17, 15) is 0 Å². The van der Waals surface area contributed by atoms with E-state index in [4.69, 9.17) is 10.5 Å². The van der Waals surface area contributed by atoms with E-state index in [0.29, 0.717) is 12.6 Å². The fourth-order valence-electron chi connectivity index (χ4n) is 2.18. The second kappa shape index (κ2) is 5.89. The molecule has 0 aliphatic heterocycles. The minimum atomic E-state index is 0.356. The lowest BCUT2D eigenvalue weighted by Crippen LogP contribution is -2.31. The number of aromatic nitrogens is 1. The van der Waals surface area contributed by atoms with Crippen LogP contribution in [0, 0.1) is 0 Å². The minimum absolute atomic E-state index is 0.356. The van der Waals surface area contributed by atoms with E-state index in [1.165, 1.54) is 0 Å². The number of nitrogens with zero attached hydrogens (tertiary/aromatic N) is 2. The summed E-state index contributed by atoms with van der Waals surface area (Å²) in [5, 5.41) is 2.27. The first-order chi connectivity index (χ1) is 9.17. The molecule has 102 valence electrons. The Morgan fingerprint density at radius 3 is 2.84 bits per heavy atom. The van der Waals surface area contributed by atoms with E-state index < -0.39 is 0 Å². The highest BCUT2D eigenvalue weighted by Gasteiger charge is 2.13. The van der Waals surface area contributed by atoms with Crippen LogP contribution in [0.3, 0.4) is 0 Å². The summed E-state index contributed by atoms with van der Waals surface area (Å²) >= 11 is 0. The maximum Gasteiger partial charge on any atom is 0.136 e. The second-order valence-electron chi connectivity index (χ2n) is 4.76. The van der Waals surface area contributed by atoms with Gasteiger partial charge in [-0.15, -0.1) is 0 Å². The number of pyridine rings is 1. The molecule has 0 amide bonds. The van der Waals surface area contributed by atoms with Crippen LogP contribution in [-0.2, 0) is 0 Å². The zero-order chi connectivity index (χ0) is 13.8. The molecule has 1 unspecified atom stereocenters. The molecular formula is C15H21N3O. The molecule has 1 aromatic carbocycles. The first kappa shape index (κ1) is 13.6. The zero-order valence-corrected chi connectivity index (χ0v) is 11.8. The fourth-order valence-corrected chi connectivity index (χ4v) is 2.18. The molecule has 0 spiro atoms. The number of benzene rings is 1. The minimum Gasteiger partial charge on any atom is -0.497 e. The van der Waals surface area contributed by atoms with Crippen LogP contribution in [0.15, 0.2) is 30.5 Å². The summed E-state index contributed by atoms with van der Waals surface area (Å²) in [4.78, 5) is 6.69. The van der Waals surface area contributed by atoms with E-state index in [1.807, 2.05) is 24.4 Å². The van der Waals surface area contributed by atoms with Gasteiger partial charge >= 0.3 is 0 Å². The molecule has 2 N–H and O–H groups in total. The van der Waals surface area contributed by atoms with E-state index >= 15 is 0 Å². The highest BCUT2D eigenvalue weighted by atomic mass is 16.5. The quantitative estimate of drug-likeness (QED) is 0.896. The van der Waals surface area contributed by atoms with Crippen LogP contribution in [0.25, 0.3) is 10.8 Å². The lowest BCUT2D eigenvalue weighted by atomic mass is 10.1. The van der Waals surface area contributed by atoms with Crippen molar-refractivity contribution in [3.05, 3.63) is 30.5 Å². The van der Waals surface area contributed by atoms with Gasteiger partial charge in [-0.25, -0.2) is 4.98 Å². The lowest BCUT2D eigenvalue weighted by molar-refractivity contribution is 0.415. The van der Waals surface area contributed by atoms with Gasteiger partial charge in [0.2, 0.25) is 0 Å². The van der Waals surface area contributed by atoms with Crippen LogP contribution in [0.4, 0.5) is 5.82 Å². The smallest absolute Gasteiger partial charge is 0.136 e. The first-order valence-electron chi connectivity index (χ1n) is 6.53. The Labute approximate surface area is 114 Å². The first-order valence-corrected chi connectivity index (χ1v) is 6.53. The van der Waals surface area contributed by atoms with Crippen LogP contribution in [0.1, 0.15) is 13.3 Å². The van der Waals surface area contributed by atoms with Gasteiger partial charge in [0.15, 0.2) is 0 Å². The van der Waals surface area contributed by atoms with Crippen LogP contribution in [0.5, 0.6) is 5.75 Å². The van der Waals surface area contributed by atoms with Crippen molar-refractivity contribution >= 4 is 16.6 Å². The van der Waals surface area contributed by atoms with Crippen LogP contribution < -0.4 is 15.4 Å². The number of rotatable bonds is 5. The lowest BCUT2D eigenvalue weighted by Gasteiger charge is -2.26. The SMILES string of the molecule is COc1ccc2ccnc(N(C)C(C)CCN)c2c1. The Morgan fingerprint density at radius 1 is 1.37 bits per heavy atom. The molecule has 0 bridgehead atoms. The summed E-state index contributed by atoms with van der Waals surface area (Å²) in [7, 11) is 3.74. The molecule has 19 heavy (non-hydrogen) atoms.